The minimum atomic E-state index is -0.879. The number of aromatic carboxylic acids is 1. The van der Waals surface area contributed by atoms with Crippen LogP contribution in [0.25, 0.3) is 0 Å². The van der Waals surface area contributed by atoms with Crippen molar-refractivity contribution in [2.24, 2.45) is 0 Å². The van der Waals surface area contributed by atoms with E-state index >= 15 is 0 Å². The second-order valence-corrected chi connectivity index (χ2v) is 5.84. The van der Waals surface area contributed by atoms with Crippen molar-refractivity contribution in [2.45, 2.75) is 18.8 Å². The van der Waals surface area contributed by atoms with Crippen LogP contribution in [0.4, 0.5) is 0 Å². The second kappa shape index (κ2) is 7.76. The van der Waals surface area contributed by atoms with Crippen LogP contribution in [0.3, 0.4) is 0 Å². The van der Waals surface area contributed by atoms with Gasteiger partial charge in [0.1, 0.15) is 0 Å². The fourth-order valence-corrected chi connectivity index (χ4v) is 2.68. The molecule has 0 aliphatic heterocycles. The Bertz CT molecular complexity index is 591. The van der Waals surface area contributed by atoms with Gasteiger partial charge in [0, 0.05) is 5.92 Å². The summed E-state index contributed by atoms with van der Waals surface area (Å²) in [6, 6.07) is 17.7. The summed E-state index contributed by atoms with van der Waals surface area (Å²) >= 11 is 0. The Balaban J connectivity index is 2.21. The summed E-state index contributed by atoms with van der Waals surface area (Å²) in [5.41, 5.74) is 2.79. The van der Waals surface area contributed by atoms with Crippen LogP contribution in [0, 0.1) is 0 Å². The predicted octanol–water partition coefficient (Wildman–Crippen LogP) is 3.86. The molecular formula is C19H23NO2. The lowest BCUT2D eigenvalue weighted by atomic mass is 9.87. The van der Waals surface area contributed by atoms with E-state index < -0.39 is 5.97 Å². The molecule has 3 heteroatoms. The van der Waals surface area contributed by atoms with Crippen molar-refractivity contribution < 1.29 is 9.90 Å². The van der Waals surface area contributed by atoms with Gasteiger partial charge in [0.15, 0.2) is 0 Å². The van der Waals surface area contributed by atoms with Crippen molar-refractivity contribution in [3.8, 4) is 0 Å². The zero-order valence-electron chi connectivity index (χ0n) is 13.2. The molecular weight excluding hydrogens is 274 g/mol. The summed E-state index contributed by atoms with van der Waals surface area (Å²) in [6.45, 7) is 1.05. The first-order chi connectivity index (χ1) is 10.6. The Labute approximate surface area is 132 Å². The topological polar surface area (TPSA) is 40.5 Å². The molecule has 116 valence electrons. The lowest BCUT2D eigenvalue weighted by Crippen LogP contribution is -2.14. The molecule has 0 radical (unpaired) electrons. The maximum absolute atomic E-state index is 11.0. The quantitative estimate of drug-likeness (QED) is 0.843. The Hall–Kier alpha value is -2.13. The third-order valence-electron chi connectivity index (χ3n) is 3.86. The van der Waals surface area contributed by atoms with Crippen molar-refractivity contribution in [3.63, 3.8) is 0 Å². The Morgan fingerprint density at radius 3 is 2.14 bits per heavy atom. The molecule has 0 saturated carbocycles. The third-order valence-corrected chi connectivity index (χ3v) is 3.86. The second-order valence-electron chi connectivity index (χ2n) is 5.84. The summed E-state index contributed by atoms with van der Waals surface area (Å²) in [5, 5.41) is 9.03. The molecule has 0 spiro atoms. The number of benzene rings is 2. The van der Waals surface area contributed by atoms with Gasteiger partial charge in [-0.05, 0) is 56.7 Å². The van der Waals surface area contributed by atoms with Gasteiger partial charge in [0.2, 0.25) is 0 Å². The van der Waals surface area contributed by atoms with Crippen molar-refractivity contribution in [1.82, 2.24) is 4.90 Å². The van der Waals surface area contributed by atoms with Crippen molar-refractivity contribution in [2.75, 3.05) is 20.6 Å². The fourth-order valence-electron chi connectivity index (χ4n) is 2.68. The Morgan fingerprint density at radius 2 is 1.59 bits per heavy atom. The number of nitrogens with zero attached hydrogens (tertiary/aromatic N) is 1. The van der Waals surface area contributed by atoms with E-state index in [1.54, 1.807) is 12.1 Å². The molecule has 1 atom stereocenters. The highest BCUT2D eigenvalue weighted by Gasteiger charge is 2.14. The van der Waals surface area contributed by atoms with Crippen molar-refractivity contribution >= 4 is 5.97 Å². The van der Waals surface area contributed by atoms with Gasteiger partial charge in [-0.25, -0.2) is 4.79 Å². The molecule has 0 heterocycles. The smallest absolute Gasteiger partial charge is 0.335 e. The largest absolute Gasteiger partial charge is 0.478 e. The first-order valence-corrected chi connectivity index (χ1v) is 7.61. The maximum atomic E-state index is 11.0. The third kappa shape index (κ3) is 4.43. The SMILES string of the molecule is CN(C)CCCC(c1ccccc1)c1ccc(C(=O)O)cc1. The number of rotatable bonds is 7. The summed E-state index contributed by atoms with van der Waals surface area (Å²) in [6.07, 6.45) is 2.15. The van der Waals surface area contributed by atoms with Crippen LogP contribution < -0.4 is 0 Å². The number of hydrogen-bond donors (Lipinski definition) is 1. The van der Waals surface area contributed by atoms with E-state index in [-0.39, 0.29) is 0 Å². The predicted molar refractivity (Wildman–Crippen MR) is 89.5 cm³/mol. The van der Waals surface area contributed by atoms with E-state index in [9.17, 15) is 4.79 Å². The van der Waals surface area contributed by atoms with E-state index in [1.807, 2.05) is 18.2 Å². The summed E-state index contributed by atoms with van der Waals surface area (Å²) in [4.78, 5) is 13.2. The molecule has 2 rings (SSSR count). The van der Waals surface area contributed by atoms with Crippen LogP contribution in [-0.4, -0.2) is 36.6 Å². The first-order valence-electron chi connectivity index (χ1n) is 7.61. The van der Waals surface area contributed by atoms with E-state index in [2.05, 4.69) is 43.3 Å². The van der Waals surface area contributed by atoms with Crippen LogP contribution in [0.15, 0.2) is 54.6 Å². The normalized spacial score (nSPS) is 12.3. The van der Waals surface area contributed by atoms with Gasteiger partial charge >= 0.3 is 5.97 Å². The Morgan fingerprint density at radius 1 is 1.00 bits per heavy atom. The van der Waals surface area contributed by atoms with Crippen molar-refractivity contribution in [3.05, 3.63) is 71.3 Å². The summed E-state index contributed by atoms with van der Waals surface area (Å²) in [7, 11) is 4.17. The molecule has 0 bridgehead atoms. The van der Waals surface area contributed by atoms with Crippen LogP contribution in [0.5, 0.6) is 0 Å². The number of carboxylic acid groups (broad SMARTS) is 1. The van der Waals surface area contributed by atoms with Gasteiger partial charge in [-0.2, -0.15) is 0 Å². The van der Waals surface area contributed by atoms with Crippen LogP contribution >= 0.6 is 0 Å². The van der Waals surface area contributed by atoms with E-state index in [1.165, 1.54) is 11.1 Å². The number of hydrogen-bond acceptors (Lipinski definition) is 2. The minimum absolute atomic E-state index is 0.309. The fraction of sp³-hybridized carbons (Fsp3) is 0.316. The van der Waals surface area contributed by atoms with E-state index in [0.29, 0.717) is 11.5 Å². The zero-order valence-corrected chi connectivity index (χ0v) is 13.2. The summed E-state index contributed by atoms with van der Waals surface area (Å²) in [5.74, 6) is -0.570. The lowest BCUT2D eigenvalue weighted by molar-refractivity contribution is 0.0697. The molecule has 2 aromatic carbocycles. The van der Waals surface area contributed by atoms with Gasteiger partial charge in [0.25, 0.3) is 0 Å². The van der Waals surface area contributed by atoms with E-state index in [4.69, 9.17) is 5.11 Å². The van der Waals surface area contributed by atoms with Gasteiger partial charge in [-0.1, -0.05) is 42.5 Å². The zero-order chi connectivity index (χ0) is 15.9. The van der Waals surface area contributed by atoms with Crippen LogP contribution in [0.1, 0.15) is 40.2 Å². The Kier molecular flexibility index (Phi) is 5.73. The van der Waals surface area contributed by atoms with Crippen LogP contribution in [-0.2, 0) is 0 Å². The van der Waals surface area contributed by atoms with Crippen molar-refractivity contribution in [1.29, 1.82) is 0 Å². The molecule has 0 aromatic heterocycles. The molecule has 22 heavy (non-hydrogen) atoms. The molecule has 0 amide bonds. The highest BCUT2D eigenvalue weighted by molar-refractivity contribution is 5.87. The highest BCUT2D eigenvalue weighted by atomic mass is 16.4. The molecule has 2 aromatic rings. The number of carboxylic acids is 1. The maximum Gasteiger partial charge on any atom is 0.335 e. The van der Waals surface area contributed by atoms with Gasteiger partial charge in [-0.15, -0.1) is 0 Å². The summed E-state index contributed by atoms with van der Waals surface area (Å²) < 4.78 is 0. The number of carbonyl (C=O) groups is 1. The minimum Gasteiger partial charge on any atom is -0.478 e. The molecule has 0 fully saturated rings. The standard InChI is InChI=1S/C19H23NO2/c1-20(2)14-6-9-18(15-7-4-3-5-8-15)16-10-12-17(13-11-16)19(21)22/h3-5,7-8,10-13,18H,6,9,14H2,1-2H3,(H,21,22). The highest BCUT2D eigenvalue weighted by Crippen LogP contribution is 2.29. The molecule has 0 aliphatic carbocycles. The molecule has 0 saturated heterocycles. The first kappa shape index (κ1) is 16.2. The van der Waals surface area contributed by atoms with E-state index in [0.717, 1.165) is 19.4 Å². The molecule has 1 N–H and O–H groups in total. The lowest BCUT2D eigenvalue weighted by Gasteiger charge is -2.19. The molecule has 3 nitrogen and oxygen atoms in total. The monoisotopic (exact) mass is 297 g/mol. The average Bonchev–Trinajstić information content (AvgIpc) is 2.52. The molecule has 1 unspecified atom stereocenters. The van der Waals surface area contributed by atoms with Gasteiger partial charge in [0.05, 0.1) is 5.56 Å². The molecule has 0 aliphatic rings. The average molecular weight is 297 g/mol. The van der Waals surface area contributed by atoms with Gasteiger partial charge < -0.3 is 10.0 Å². The van der Waals surface area contributed by atoms with Gasteiger partial charge in [-0.3, -0.25) is 0 Å². The van der Waals surface area contributed by atoms with Crippen LogP contribution in [0.2, 0.25) is 0 Å².